The van der Waals surface area contributed by atoms with Crippen LogP contribution in [0.1, 0.15) is 38.7 Å². The molecule has 5 rings (SSSR count). The number of aromatic nitrogens is 1. The first-order chi connectivity index (χ1) is 18.5. The molecule has 0 aliphatic carbocycles. The molecule has 0 fully saturated rings. The summed E-state index contributed by atoms with van der Waals surface area (Å²) in [5.74, 6) is 0.117. The zero-order valence-electron chi connectivity index (χ0n) is 21.1. The average molecular weight is 506 g/mol. The first-order valence-corrected chi connectivity index (χ1v) is 12.4. The van der Waals surface area contributed by atoms with Crippen molar-refractivity contribution in [3.63, 3.8) is 0 Å². The topological polar surface area (TPSA) is 68.5 Å². The number of anilines is 1. The molecule has 0 saturated carbocycles. The maximum atomic E-state index is 13.4. The van der Waals surface area contributed by atoms with E-state index in [4.69, 9.17) is 10.5 Å². The number of ether oxygens (including phenoxy) is 1. The summed E-state index contributed by atoms with van der Waals surface area (Å²) in [6, 6.07) is 29.9. The quantitative estimate of drug-likeness (QED) is 0.181. The van der Waals surface area contributed by atoms with Crippen LogP contribution in [0.25, 0.3) is 10.9 Å². The zero-order chi connectivity index (χ0) is 26.5. The Balaban J connectivity index is 1.60. The fraction of sp³-hybridized carbons (Fsp3) is 0.125. The molecule has 190 valence electrons. The number of hydrogen-bond acceptors (Lipinski definition) is 5. The van der Waals surface area contributed by atoms with Crippen molar-refractivity contribution in [3.05, 3.63) is 137 Å². The highest BCUT2D eigenvalue weighted by molar-refractivity contribution is 6.03. The lowest BCUT2D eigenvalue weighted by atomic mass is 9.98. The second kappa shape index (κ2) is 11.2. The predicted octanol–water partition coefficient (Wildman–Crippen LogP) is 6.57. The van der Waals surface area contributed by atoms with E-state index < -0.39 is 6.10 Å². The maximum Gasteiger partial charge on any atom is 0.157 e. The van der Waals surface area contributed by atoms with Gasteiger partial charge in [0.25, 0.3) is 0 Å². The summed E-state index contributed by atoms with van der Waals surface area (Å²) in [7, 11) is 1.93. The Morgan fingerprint density at radius 2 is 1.53 bits per heavy atom. The number of fused-ring (bicyclic) bond motifs is 1. The Morgan fingerprint density at radius 3 is 2.13 bits per heavy atom. The summed E-state index contributed by atoms with van der Waals surface area (Å²) < 4.78 is 20.1. The third kappa shape index (κ3) is 5.26. The lowest BCUT2D eigenvalue weighted by molar-refractivity contribution is 0.111. The first kappa shape index (κ1) is 25.1. The van der Waals surface area contributed by atoms with E-state index in [1.807, 2.05) is 84.7 Å². The number of rotatable bonds is 9. The van der Waals surface area contributed by atoms with Crippen molar-refractivity contribution in [2.75, 3.05) is 12.8 Å². The third-order valence-electron chi connectivity index (χ3n) is 6.56. The Hall–Kier alpha value is -4.55. The number of nitrogens with two attached hydrogens (primary N) is 1. The minimum atomic E-state index is -0.463. The molecule has 2 N–H and O–H groups in total. The van der Waals surface area contributed by atoms with Crippen LogP contribution in [0, 0.1) is 5.82 Å². The predicted molar refractivity (Wildman–Crippen MR) is 148 cm³/mol. The molecule has 0 radical (unpaired) electrons. The molecule has 0 unspecified atom stereocenters. The van der Waals surface area contributed by atoms with E-state index >= 15 is 0 Å². The largest absolute Gasteiger partial charge is 0.478 e. The molecule has 5 nitrogen and oxygen atoms in total. The van der Waals surface area contributed by atoms with E-state index in [1.165, 1.54) is 12.1 Å². The van der Waals surface area contributed by atoms with Crippen LogP contribution in [0.5, 0.6) is 5.75 Å². The standard InChI is InChI=1S/C32H28FN3O2/c1-36(19-22-14-16-25(33)17-15-22)20-27-28(21-37)32(30-26(29(27)34)13-8-18-35-30)38-31(23-9-4-2-5-10-23)24-11-6-3-7-12-24/h2-18,21,31H,19-20,34H2,1H3. The molecule has 6 heteroatoms. The Labute approximate surface area is 221 Å². The number of benzene rings is 4. The van der Waals surface area contributed by atoms with Gasteiger partial charge >= 0.3 is 0 Å². The zero-order valence-corrected chi connectivity index (χ0v) is 21.1. The number of nitrogens with zero attached hydrogens (tertiary/aromatic N) is 2. The van der Waals surface area contributed by atoms with E-state index in [1.54, 1.807) is 18.3 Å². The van der Waals surface area contributed by atoms with Crippen LogP contribution in [0.15, 0.2) is 103 Å². The Kier molecular flexibility index (Phi) is 7.43. The van der Waals surface area contributed by atoms with Gasteiger partial charge in [0.1, 0.15) is 17.4 Å². The lowest BCUT2D eigenvalue weighted by Crippen LogP contribution is -2.20. The molecule has 0 aliphatic rings. The van der Waals surface area contributed by atoms with Crippen molar-refractivity contribution in [2.45, 2.75) is 19.2 Å². The molecule has 38 heavy (non-hydrogen) atoms. The van der Waals surface area contributed by atoms with E-state index in [-0.39, 0.29) is 5.82 Å². The minimum Gasteiger partial charge on any atom is -0.478 e. The molecule has 0 saturated heterocycles. The van der Waals surface area contributed by atoms with E-state index in [0.717, 1.165) is 28.4 Å². The Bertz CT molecular complexity index is 1500. The second-order valence-electron chi connectivity index (χ2n) is 9.27. The fourth-order valence-corrected chi connectivity index (χ4v) is 4.72. The van der Waals surface area contributed by atoms with Crippen LogP contribution in [0.4, 0.5) is 10.1 Å². The average Bonchev–Trinajstić information content (AvgIpc) is 2.96. The van der Waals surface area contributed by atoms with Gasteiger partial charge in [-0.05, 0) is 48.0 Å². The summed E-state index contributed by atoms with van der Waals surface area (Å²) >= 11 is 0. The number of carbonyl (C=O) groups excluding carboxylic acids is 1. The second-order valence-corrected chi connectivity index (χ2v) is 9.27. The molecular weight excluding hydrogens is 477 g/mol. The summed E-state index contributed by atoms with van der Waals surface area (Å²) in [5.41, 5.74) is 11.6. The van der Waals surface area contributed by atoms with Crippen LogP contribution in [0.2, 0.25) is 0 Å². The van der Waals surface area contributed by atoms with Crippen LogP contribution >= 0.6 is 0 Å². The number of hydrogen-bond donors (Lipinski definition) is 1. The number of carbonyl (C=O) groups is 1. The van der Waals surface area contributed by atoms with E-state index in [9.17, 15) is 9.18 Å². The summed E-state index contributed by atoms with van der Waals surface area (Å²) in [6.07, 6.45) is 2.01. The van der Waals surface area contributed by atoms with Gasteiger partial charge in [0.05, 0.1) is 5.56 Å². The molecule has 0 aliphatic heterocycles. The van der Waals surface area contributed by atoms with E-state index in [0.29, 0.717) is 41.2 Å². The molecular formula is C32H28FN3O2. The molecule has 0 bridgehead atoms. The van der Waals surface area contributed by atoms with Gasteiger partial charge in [-0.3, -0.25) is 14.7 Å². The van der Waals surface area contributed by atoms with Gasteiger partial charge in [0.2, 0.25) is 0 Å². The maximum absolute atomic E-state index is 13.4. The molecule has 1 aromatic heterocycles. The van der Waals surface area contributed by atoms with Crippen molar-refractivity contribution in [3.8, 4) is 5.75 Å². The van der Waals surface area contributed by atoms with Gasteiger partial charge in [0, 0.05) is 35.9 Å². The summed E-state index contributed by atoms with van der Waals surface area (Å²) in [4.78, 5) is 19.3. The van der Waals surface area contributed by atoms with Gasteiger partial charge in [0.15, 0.2) is 12.0 Å². The van der Waals surface area contributed by atoms with E-state index in [2.05, 4.69) is 4.98 Å². The lowest BCUT2D eigenvalue weighted by Gasteiger charge is -2.25. The van der Waals surface area contributed by atoms with Gasteiger partial charge in [-0.2, -0.15) is 0 Å². The molecule has 0 spiro atoms. The van der Waals surface area contributed by atoms with Gasteiger partial charge in [-0.15, -0.1) is 0 Å². The van der Waals surface area contributed by atoms with Crippen LogP contribution in [-0.4, -0.2) is 23.2 Å². The third-order valence-corrected chi connectivity index (χ3v) is 6.56. The van der Waals surface area contributed by atoms with Crippen LogP contribution in [0.3, 0.4) is 0 Å². The van der Waals surface area contributed by atoms with Crippen LogP contribution < -0.4 is 10.5 Å². The van der Waals surface area contributed by atoms with Gasteiger partial charge < -0.3 is 10.5 Å². The van der Waals surface area contributed by atoms with Crippen molar-refractivity contribution < 1.29 is 13.9 Å². The number of aldehydes is 1. The van der Waals surface area contributed by atoms with Crippen LogP contribution in [-0.2, 0) is 13.1 Å². The molecule has 5 aromatic rings. The summed E-state index contributed by atoms with van der Waals surface area (Å²) in [5, 5.41) is 0.721. The SMILES string of the molecule is CN(Cc1ccc(F)cc1)Cc1c(C=O)c(OC(c2ccccc2)c2ccccc2)c2ncccc2c1N. The Morgan fingerprint density at radius 1 is 0.895 bits per heavy atom. The normalized spacial score (nSPS) is 11.3. The van der Waals surface area contributed by atoms with Crippen molar-refractivity contribution >= 4 is 22.9 Å². The smallest absolute Gasteiger partial charge is 0.157 e. The highest BCUT2D eigenvalue weighted by Crippen LogP contribution is 2.40. The highest BCUT2D eigenvalue weighted by atomic mass is 19.1. The van der Waals surface area contributed by atoms with Gasteiger partial charge in [-0.1, -0.05) is 72.8 Å². The van der Waals surface area contributed by atoms with Crippen molar-refractivity contribution in [1.82, 2.24) is 9.88 Å². The number of nitrogen functional groups attached to an aromatic ring is 1. The molecule has 0 atom stereocenters. The minimum absolute atomic E-state index is 0.279. The highest BCUT2D eigenvalue weighted by Gasteiger charge is 2.25. The molecule has 1 heterocycles. The number of halogens is 1. The van der Waals surface area contributed by atoms with Crippen molar-refractivity contribution in [2.24, 2.45) is 0 Å². The summed E-state index contributed by atoms with van der Waals surface area (Å²) in [6.45, 7) is 0.940. The monoisotopic (exact) mass is 505 g/mol. The van der Waals surface area contributed by atoms with Gasteiger partial charge in [-0.25, -0.2) is 4.39 Å². The first-order valence-electron chi connectivity index (χ1n) is 12.4. The van der Waals surface area contributed by atoms with Crippen molar-refractivity contribution in [1.29, 1.82) is 0 Å². The molecule has 0 amide bonds. The fourth-order valence-electron chi connectivity index (χ4n) is 4.72. The number of pyridine rings is 1. The molecule has 4 aromatic carbocycles.